The monoisotopic (exact) mass is 238 g/mol. The highest BCUT2D eigenvalue weighted by molar-refractivity contribution is 6.62. The van der Waals surface area contributed by atoms with Gasteiger partial charge in [-0.15, -0.1) is 0 Å². The summed E-state index contributed by atoms with van der Waals surface area (Å²) in [6.07, 6.45) is 0. The highest BCUT2D eigenvalue weighted by atomic mass is 35.5. The number of halogens is 1. The molecule has 86 valence electrons. The van der Waals surface area contributed by atoms with Crippen LogP contribution in [0.3, 0.4) is 0 Å². The van der Waals surface area contributed by atoms with Crippen molar-refractivity contribution in [3.8, 4) is 0 Å². The van der Waals surface area contributed by atoms with Gasteiger partial charge in [0.1, 0.15) is 0 Å². The first-order valence-electron chi connectivity index (χ1n) is 5.46. The number of benzene rings is 1. The predicted molar refractivity (Wildman–Crippen MR) is 64.5 cm³/mol. The van der Waals surface area contributed by atoms with E-state index in [0.717, 1.165) is 32.7 Å². The lowest BCUT2D eigenvalue weighted by Gasteiger charge is -2.33. The fourth-order valence-corrected chi connectivity index (χ4v) is 2.09. The molecule has 0 bridgehead atoms. The number of rotatable bonds is 2. The molecule has 1 aromatic carbocycles. The standard InChI is InChI=1S/C12H15ClN2O/c13-12(16)15-8-6-14(7-9-15)10-11-4-2-1-3-5-11/h1-5H,6-10H2. The van der Waals surface area contributed by atoms with Crippen LogP contribution in [0.4, 0.5) is 4.79 Å². The number of piperazine rings is 1. The van der Waals surface area contributed by atoms with Crippen molar-refractivity contribution < 1.29 is 4.79 Å². The van der Waals surface area contributed by atoms with Crippen LogP contribution in [0.25, 0.3) is 0 Å². The zero-order valence-electron chi connectivity index (χ0n) is 9.10. The minimum absolute atomic E-state index is 0.334. The molecule has 0 unspecified atom stereocenters. The molecule has 2 rings (SSSR count). The third-order valence-corrected chi connectivity index (χ3v) is 3.11. The van der Waals surface area contributed by atoms with E-state index in [1.165, 1.54) is 5.56 Å². The van der Waals surface area contributed by atoms with Crippen molar-refractivity contribution in [3.63, 3.8) is 0 Å². The second-order valence-electron chi connectivity index (χ2n) is 4.00. The Morgan fingerprint density at radius 2 is 1.75 bits per heavy atom. The van der Waals surface area contributed by atoms with Crippen LogP contribution in [0, 0.1) is 0 Å². The molecule has 4 heteroatoms. The van der Waals surface area contributed by atoms with Crippen LogP contribution in [0.2, 0.25) is 0 Å². The zero-order chi connectivity index (χ0) is 11.4. The fraction of sp³-hybridized carbons (Fsp3) is 0.417. The first-order valence-corrected chi connectivity index (χ1v) is 5.84. The fourth-order valence-electron chi connectivity index (χ4n) is 1.92. The van der Waals surface area contributed by atoms with Crippen LogP contribution in [0.5, 0.6) is 0 Å². The largest absolute Gasteiger partial charge is 0.327 e. The lowest BCUT2D eigenvalue weighted by atomic mass is 10.2. The topological polar surface area (TPSA) is 23.6 Å². The van der Waals surface area contributed by atoms with E-state index >= 15 is 0 Å². The molecule has 1 aromatic rings. The van der Waals surface area contributed by atoms with Gasteiger partial charge < -0.3 is 4.90 Å². The molecule has 3 nitrogen and oxygen atoms in total. The minimum atomic E-state index is -0.334. The Labute approximate surface area is 101 Å². The van der Waals surface area contributed by atoms with E-state index in [0.29, 0.717) is 0 Å². The number of amides is 1. The first-order chi connectivity index (χ1) is 7.75. The Morgan fingerprint density at radius 3 is 2.31 bits per heavy atom. The number of hydrogen-bond donors (Lipinski definition) is 0. The van der Waals surface area contributed by atoms with Gasteiger partial charge in [-0.2, -0.15) is 0 Å². The number of carbonyl (C=O) groups excluding carboxylic acids is 1. The van der Waals surface area contributed by atoms with Crippen LogP contribution >= 0.6 is 11.6 Å². The summed E-state index contributed by atoms with van der Waals surface area (Å²) in [5.74, 6) is 0. The summed E-state index contributed by atoms with van der Waals surface area (Å²) < 4.78 is 0. The Morgan fingerprint density at radius 1 is 1.12 bits per heavy atom. The minimum Gasteiger partial charge on any atom is -0.327 e. The van der Waals surface area contributed by atoms with Crippen LogP contribution < -0.4 is 0 Å². The van der Waals surface area contributed by atoms with Crippen LogP contribution in [-0.4, -0.2) is 41.3 Å². The van der Waals surface area contributed by atoms with Crippen molar-refractivity contribution in [3.05, 3.63) is 35.9 Å². The Hall–Kier alpha value is -1.06. The SMILES string of the molecule is O=C(Cl)N1CCN(Cc2ccccc2)CC1. The van der Waals surface area contributed by atoms with Crippen molar-refractivity contribution in [1.82, 2.24) is 9.80 Å². The number of hydrogen-bond acceptors (Lipinski definition) is 2. The van der Waals surface area contributed by atoms with Gasteiger partial charge in [0.2, 0.25) is 0 Å². The van der Waals surface area contributed by atoms with Gasteiger partial charge in [-0.3, -0.25) is 9.69 Å². The van der Waals surface area contributed by atoms with E-state index < -0.39 is 0 Å². The maximum Gasteiger partial charge on any atom is 0.316 e. The maximum atomic E-state index is 10.9. The average molecular weight is 239 g/mol. The molecule has 0 radical (unpaired) electrons. The first kappa shape index (κ1) is 11.4. The smallest absolute Gasteiger partial charge is 0.316 e. The average Bonchev–Trinajstić information content (AvgIpc) is 2.31. The Balaban J connectivity index is 1.84. The number of nitrogens with zero attached hydrogens (tertiary/aromatic N) is 2. The summed E-state index contributed by atoms with van der Waals surface area (Å²) in [6.45, 7) is 4.20. The van der Waals surface area contributed by atoms with E-state index in [1.807, 2.05) is 18.2 Å². The summed E-state index contributed by atoms with van der Waals surface area (Å²) in [5, 5.41) is -0.334. The highest BCUT2D eigenvalue weighted by Crippen LogP contribution is 2.09. The third-order valence-electron chi connectivity index (χ3n) is 2.87. The third kappa shape index (κ3) is 2.97. The maximum absolute atomic E-state index is 10.9. The Bertz CT molecular complexity index is 347. The highest BCUT2D eigenvalue weighted by Gasteiger charge is 2.19. The summed E-state index contributed by atoms with van der Waals surface area (Å²) >= 11 is 5.43. The molecule has 0 spiro atoms. The molecule has 1 aliphatic rings. The van der Waals surface area contributed by atoms with Crippen molar-refractivity contribution in [2.24, 2.45) is 0 Å². The van der Waals surface area contributed by atoms with Crippen molar-refractivity contribution in [1.29, 1.82) is 0 Å². The Kier molecular flexibility index (Phi) is 3.80. The lowest BCUT2D eigenvalue weighted by Crippen LogP contribution is -2.46. The number of carbonyl (C=O) groups is 1. The molecule has 0 aliphatic carbocycles. The molecule has 0 saturated carbocycles. The van der Waals surface area contributed by atoms with Crippen molar-refractivity contribution in [2.75, 3.05) is 26.2 Å². The second-order valence-corrected chi connectivity index (χ2v) is 4.33. The predicted octanol–water partition coefficient (Wildman–Crippen LogP) is 2.16. The molecule has 1 amide bonds. The molecule has 1 fully saturated rings. The van der Waals surface area contributed by atoms with Gasteiger partial charge in [0.05, 0.1) is 0 Å². The van der Waals surface area contributed by atoms with Crippen molar-refractivity contribution in [2.45, 2.75) is 6.54 Å². The molecule has 0 atom stereocenters. The summed E-state index contributed by atoms with van der Waals surface area (Å²) in [7, 11) is 0. The van der Waals surface area contributed by atoms with E-state index in [9.17, 15) is 4.79 Å². The molecular formula is C12H15ClN2O. The lowest BCUT2D eigenvalue weighted by molar-refractivity contribution is 0.148. The second kappa shape index (κ2) is 5.32. The zero-order valence-corrected chi connectivity index (χ0v) is 9.86. The molecule has 1 saturated heterocycles. The molecule has 1 aliphatic heterocycles. The van der Waals surface area contributed by atoms with Gasteiger partial charge in [-0.05, 0) is 17.2 Å². The van der Waals surface area contributed by atoms with E-state index in [1.54, 1.807) is 4.90 Å². The van der Waals surface area contributed by atoms with Gasteiger partial charge >= 0.3 is 5.37 Å². The normalized spacial score (nSPS) is 17.4. The summed E-state index contributed by atoms with van der Waals surface area (Å²) in [4.78, 5) is 15.0. The van der Waals surface area contributed by atoms with Gasteiger partial charge in [0.25, 0.3) is 0 Å². The van der Waals surface area contributed by atoms with E-state index in [-0.39, 0.29) is 5.37 Å². The van der Waals surface area contributed by atoms with Gasteiger partial charge in [0.15, 0.2) is 0 Å². The van der Waals surface area contributed by atoms with Crippen LogP contribution in [0.1, 0.15) is 5.56 Å². The van der Waals surface area contributed by atoms with Gasteiger partial charge in [-0.1, -0.05) is 30.3 Å². The van der Waals surface area contributed by atoms with Crippen LogP contribution in [-0.2, 0) is 6.54 Å². The van der Waals surface area contributed by atoms with E-state index in [2.05, 4.69) is 17.0 Å². The molecule has 0 aromatic heterocycles. The van der Waals surface area contributed by atoms with Gasteiger partial charge in [0, 0.05) is 32.7 Å². The molecular weight excluding hydrogens is 224 g/mol. The van der Waals surface area contributed by atoms with E-state index in [4.69, 9.17) is 11.6 Å². The van der Waals surface area contributed by atoms with Gasteiger partial charge in [-0.25, -0.2) is 0 Å². The summed E-state index contributed by atoms with van der Waals surface area (Å²) in [5.41, 5.74) is 1.31. The quantitative estimate of drug-likeness (QED) is 0.582. The van der Waals surface area contributed by atoms with Crippen LogP contribution in [0.15, 0.2) is 30.3 Å². The summed E-state index contributed by atoms with van der Waals surface area (Å²) in [6, 6.07) is 10.4. The molecule has 16 heavy (non-hydrogen) atoms. The molecule has 0 N–H and O–H groups in total. The molecule has 1 heterocycles. The van der Waals surface area contributed by atoms with Crippen molar-refractivity contribution >= 4 is 17.0 Å².